The Bertz CT molecular complexity index is 1370. The number of carbonyl (C=O) groups is 1. The first kappa shape index (κ1) is 28.1. The Morgan fingerprint density at radius 2 is 1.85 bits per heavy atom. The summed E-state index contributed by atoms with van der Waals surface area (Å²) >= 11 is 0. The molecule has 0 saturated carbocycles. The molecule has 3 aliphatic heterocycles. The number of carbonyl (C=O) groups excluding carboxylic acids is 1. The van der Waals surface area contributed by atoms with Crippen LogP contribution < -0.4 is 37.6 Å². The van der Waals surface area contributed by atoms with Crippen molar-refractivity contribution in [1.29, 1.82) is 0 Å². The van der Waals surface area contributed by atoms with E-state index in [0.717, 1.165) is 80.3 Å². The number of nitrogens with zero attached hydrogens (tertiary/aromatic N) is 6. The smallest absolute Gasteiger partial charge is 0.223 e. The van der Waals surface area contributed by atoms with Gasteiger partial charge in [0.2, 0.25) is 17.8 Å². The summed E-state index contributed by atoms with van der Waals surface area (Å²) < 4.78 is 0. The van der Waals surface area contributed by atoms with Gasteiger partial charge in [0.1, 0.15) is 28.9 Å². The number of piperidine rings is 1. The Labute approximate surface area is 239 Å². The van der Waals surface area contributed by atoms with Crippen LogP contribution in [0.2, 0.25) is 0 Å². The predicted octanol–water partition coefficient (Wildman–Crippen LogP) is 1.32. The van der Waals surface area contributed by atoms with Crippen LogP contribution in [0.4, 0.5) is 35.2 Å². The molecule has 0 bridgehead atoms. The predicted molar refractivity (Wildman–Crippen MR) is 161 cm³/mol. The highest BCUT2D eigenvalue weighted by atomic mass is 16.3. The van der Waals surface area contributed by atoms with Crippen LogP contribution >= 0.6 is 0 Å². The number of rotatable bonds is 5. The number of β-amino-alcohol motifs (C(OH)–C–C–N with tert-alkyl or cyclic N) is 1. The second kappa shape index (κ2) is 12.0. The molecular weight excluding hydrogens is 522 g/mol. The number of anilines is 6. The van der Waals surface area contributed by atoms with Gasteiger partial charge in [-0.2, -0.15) is 19.9 Å². The number of hydrogen-bond acceptors (Lipinski definition) is 12. The van der Waals surface area contributed by atoms with Gasteiger partial charge >= 0.3 is 0 Å². The number of fused-ring (bicyclic) bond motifs is 1. The van der Waals surface area contributed by atoms with Gasteiger partial charge in [-0.15, -0.1) is 0 Å². The van der Waals surface area contributed by atoms with Gasteiger partial charge < -0.3 is 42.7 Å². The standard InChI is InChI=1S/C16H21N5O.C12H18N6O/c1-18-13-10-14(20-15(17)19-13)21-9-5-8-16(22,11-21)12-6-3-2-4-7-12;13-9(19)7-3-5-18(6-7)11-8-2-1-4-15-10(8)16-12(14)17-11/h2-4,6-7,10,22H,5,8-9,11H2,1H3,(H3,17,18,19,20);7H,1-6H2,(H2,13,19)(H3,14,15,16,17)/t;7-/m.0/s1. The number of nitrogen functional groups attached to an aromatic ring is 2. The number of benzene rings is 1. The van der Waals surface area contributed by atoms with Crippen LogP contribution in [0.1, 0.15) is 36.8 Å². The SMILES string of the molecule is CNc1cc(N2CCCC(O)(c3ccccc3)C2)nc(N)n1.NC(=O)[C@H]1CCN(c2nc(N)nc3c2CCCN3)C1. The Balaban J connectivity index is 0.000000166. The Kier molecular flexibility index (Phi) is 8.24. The molecule has 0 spiro atoms. The van der Waals surface area contributed by atoms with E-state index in [4.69, 9.17) is 17.2 Å². The van der Waals surface area contributed by atoms with Crippen molar-refractivity contribution < 1.29 is 9.90 Å². The summed E-state index contributed by atoms with van der Waals surface area (Å²) in [6.07, 6.45) is 4.41. The van der Waals surface area contributed by atoms with Crippen molar-refractivity contribution in [2.75, 3.05) is 71.7 Å². The van der Waals surface area contributed by atoms with E-state index in [9.17, 15) is 9.90 Å². The number of nitrogens with two attached hydrogens (primary N) is 3. The van der Waals surface area contributed by atoms with Crippen LogP contribution in [-0.4, -0.2) is 70.7 Å². The maximum Gasteiger partial charge on any atom is 0.223 e. The van der Waals surface area contributed by atoms with Crippen LogP contribution in [0.25, 0.3) is 0 Å². The first-order chi connectivity index (χ1) is 19.8. The molecular formula is C28H39N11O2. The fourth-order valence-corrected chi connectivity index (χ4v) is 5.74. The van der Waals surface area contributed by atoms with Gasteiger partial charge in [0.05, 0.1) is 12.5 Å². The molecule has 5 heterocycles. The summed E-state index contributed by atoms with van der Waals surface area (Å²) in [5.74, 6) is 3.28. The lowest BCUT2D eigenvalue weighted by Gasteiger charge is -2.40. The lowest BCUT2D eigenvalue weighted by molar-refractivity contribution is -0.121. The van der Waals surface area contributed by atoms with E-state index in [0.29, 0.717) is 18.9 Å². The lowest BCUT2D eigenvalue weighted by atomic mass is 9.86. The van der Waals surface area contributed by atoms with E-state index in [1.54, 1.807) is 7.05 Å². The van der Waals surface area contributed by atoms with E-state index in [-0.39, 0.29) is 23.7 Å². The topological polar surface area (TPSA) is 197 Å². The Morgan fingerprint density at radius 3 is 2.59 bits per heavy atom. The van der Waals surface area contributed by atoms with Gasteiger partial charge in [0.25, 0.3) is 0 Å². The molecule has 2 atom stereocenters. The molecule has 41 heavy (non-hydrogen) atoms. The molecule has 13 nitrogen and oxygen atoms in total. The van der Waals surface area contributed by atoms with Gasteiger partial charge in [-0.05, 0) is 37.7 Å². The van der Waals surface area contributed by atoms with E-state index in [1.807, 2.05) is 36.4 Å². The maximum atomic E-state index is 11.3. The number of aliphatic hydroxyl groups is 1. The molecule has 0 radical (unpaired) electrons. The van der Waals surface area contributed by atoms with E-state index in [1.165, 1.54) is 0 Å². The number of aromatic nitrogens is 4. The average molecular weight is 562 g/mol. The van der Waals surface area contributed by atoms with Gasteiger partial charge in [-0.3, -0.25) is 4.79 Å². The average Bonchev–Trinajstić information content (AvgIpc) is 3.48. The zero-order valence-electron chi connectivity index (χ0n) is 23.4. The Hall–Kier alpha value is -4.39. The van der Waals surface area contributed by atoms with Gasteiger partial charge in [0, 0.05) is 44.9 Å². The minimum Gasteiger partial charge on any atom is -0.383 e. The zero-order chi connectivity index (χ0) is 29.0. The molecule has 1 aromatic carbocycles. The summed E-state index contributed by atoms with van der Waals surface area (Å²) in [6.45, 7) is 3.66. The number of nitrogens with one attached hydrogen (secondary N) is 2. The van der Waals surface area contributed by atoms with Crippen LogP contribution in [0.15, 0.2) is 36.4 Å². The highest BCUT2D eigenvalue weighted by Gasteiger charge is 2.35. The van der Waals surface area contributed by atoms with E-state index >= 15 is 0 Å². The minimum absolute atomic E-state index is 0.0941. The molecule has 13 heteroatoms. The third-order valence-corrected chi connectivity index (χ3v) is 7.88. The van der Waals surface area contributed by atoms with Crippen molar-refractivity contribution in [2.24, 2.45) is 11.7 Å². The largest absolute Gasteiger partial charge is 0.383 e. The fourth-order valence-electron chi connectivity index (χ4n) is 5.74. The van der Waals surface area contributed by atoms with Crippen LogP contribution in [0, 0.1) is 5.92 Å². The monoisotopic (exact) mass is 561 g/mol. The van der Waals surface area contributed by atoms with E-state index < -0.39 is 5.60 Å². The number of primary amides is 1. The molecule has 9 N–H and O–H groups in total. The molecule has 1 amide bonds. The van der Waals surface area contributed by atoms with Crippen molar-refractivity contribution in [1.82, 2.24) is 19.9 Å². The minimum atomic E-state index is -0.862. The van der Waals surface area contributed by atoms with E-state index in [2.05, 4.69) is 40.4 Å². The molecule has 218 valence electrons. The quantitative estimate of drug-likeness (QED) is 0.262. The van der Waals surface area contributed by atoms with Crippen molar-refractivity contribution in [3.05, 3.63) is 47.5 Å². The van der Waals surface area contributed by atoms with Gasteiger partial charge in [-0.1, -0.05) is 30.3 Å². The highest BCUT2D eigenvalue weighted by Crippen LogP contribution is 2.34. The van der Waals surface area contributed by atoms with Crippen molar-refractivity contribution >= 4 is 41.1 Å². The second-order valence-electron chi connectivity index (χ2n) is 10.7. The normalized spacial score (nSPS) is 21.8. The lowest BCUT2D eigenvalue weighted by Crippen LogP contribution is -2.46. The van der Waals surface area contributed by atoms with Crippen LogP contribution in [0.3, 0.4) is 0 Å². The first-order valence-electron chi connectivity index (χ1n) is 14.1. The zero-order valence-corrected chi connectivity index (χ0v) is 23.4. The molecule has 3 aromatic rings. The fraction of sp³-hybridized carbons (Fsp3) is 0.464. The molecule has 0 aliphatic carbocycles. The summed E-state index contributed by atoms with van der Waals surface area (Å²) in [5.41, 5.74) is 18.1. The third-order valence-electron chi connectivity index (χ3n) is 7.88. The molecule has 1 unspecified atom stereocenters. The summed E-state index contributed by atoms with van der Waals surface area (Å²) in [7, 11) is 1.79. The summed E-state index contributed by atoms with van der Waals surface area (Å²) in [6, 6.07) is 11.7. The summed E-state index contributed by atoms with van der Waals surface area (Å²) in [5, 5.41) is 17.3. The second-order valence-corrected chi connectivity index (χ2v) is 10.7. The van der Waals surface area contributed by atoms with Gasteiger partial charge in [-0.25, -0.2) is 0 Å². The van der Waals surface area contributed by atoms with Crippen LogP contribution in [0.5, 0.6) is 0 Å². The number of amides is 1. The number of hydrogen-bond donors (Lipinski definition) is 6. The van der Waals surface area contributed by atoms with Crippen LogP contribution in [-0.2, 0) is 16.8 Å². The highest BCUT2D eigenvalue weighted by molar-refractivity contribution is 5.78. The molecule has 6 rings (SSSR count). The molecule has 3 aliphatic rings. The molecule has 2 aromatic heterocycles. The maximum absolute atomic E-state index is 11.3. The molecule has 2 fully saturated rings. The van der Waals surface area contributed by atoms with Crippen molar-refractivity contribution in [3.8, 4) is 0 Å². The summed E-state index contributed by atoms with van der Waals surface area (Å²) in [4.78, 5) is 32.4. The first-order valence-corrected chi connectivity index (χ1v) is 14.1. The van der Waals surface area contributed by atoms with Gasteiger partial charge in [0.15, 0.2) is 0 Å². The molecule has 2 saturated heterocycles. The third kappa shape index (κ3) is 6.35. The van der Waals surface area contributed by atoms with Crippen molar-refractivity contribution in [2.45, 2.75) is 37.7 Å². The Morgan fingerprint density at radius 1 is 1.07 bits per heavy atom. The van der Waals surface area contributed by atoms with Crippen molar-refractivity contribution in [3.63, 3.8) is 0 Å².